The van der Waals surface area contributed by atoms with Crippen LogP contribution in [-0.2, 0) is 10.0 Å². The van der Waals surface area contributed by atoms with Crippen LogP contribution in [-0.4, -0.2) is 31.2 Å². The molecule has 0 saturated heterocycles. The van der Waals surface area contributed by atoms with E-state index in [-0.39, 0.29) is 17.5 Å². The molecule has 0 amide bonds. The van der Waals surface area contributed by atoms with Gasteiger partial charge in [0, 0.05) is 12.7 Å². The average Bonchev–Trinajstić information content (AvgIpc) is 2.53. The number of aliphatic hydroxyl groups excluding tert-OH is 1. The predicted molar refractivity (Wildman–Crippen MR) is 84.9 cm³/mol. The van der Waals surface area contributed by atoms with Crippen LogP contribution >= 0.6 is 0 Å². The van der Waals surface area contributed by atoms with Gasteiger partial charge < -0.3 is 5.11 Å². The van der Waals surface area contributed by atoms with Gasteiger partial charge in [-0.25, -0.2) is 18.1 Å². The van der Waals surface area contributed by atoms with Gasteiger partial charge in [0.05, 0.1) is 6.10 Å². The van der Waals surface area contributed by atoms with E-state index >= 15 is 0 Å². The fourth-order valence-electron chi connectivity index (χ4n) is 2.26. The molecule has 1 aromatic heterocycles. The number of aliphatic hydroxyl groups is 1. The lowest BCUT2D eigenvalue weighted by molar-refractivity contribution is 0.174. The zero-order valence-corrected chi connectivity index (χ0v) is 13.2. The van der Waals surface area contributed by atoms with Crippen molar-refractivity contribution >= 4 is 10.0 Å². The molecule has 1 aromatic carbocycles. The summed E-state index contributed by atoms with van der Waals surface area (Å²) in [6.45, 7) is 1.91. The number of aromatic nitrogens is 1. The van der Waals surface area contributed by atoms with Crippen molar-refractivity contribution in [2.24, 2.45) is 0 Å². The smallest absolute Gasteiger partial charge is 0.258 e. The van der Waals surface area contributed by atoms with E-state index in [0.29, 0.717) is 6.42 Å². The van der Waals surface area contributed by atoms with Crippen molar-refractivity contribution in [2.75, 3.05) is 6.54 Å². The number of nitrogens with zero attached hydrogens (tertiary/aromatic N) is 1. The maximum atomic E-state index is 12.2. The molecule has 1 heterocycles. The van der Waals surface area contributed by atoms with Crippen molar-refractivity contribution in [3.8, 4) is 0 Å². The summed E-state index contributed by atoms with van der Waals surface area (Å²) in [5.41, 5.74) is 0.993. The Morgan fingerprint density at radius 3 is 2.41 bits per heavy atom. The van der Waals surface area contributed by atoms with E-state index in [1.807, 2.05) is 30.3 Å². The second-order valence-electron chi connectivity index (χ2n) is 5.21. The first-order valence-corrected chi connectivity index (χ1v) is 8.61. The van der Waals surface area contributed by atoms with Gasteiger partial charge >= 0.3 is 0 Å². The molecule has 2 aromatic rings. The number of hydrogen-bond acceptors (Lipinski definition) is 4. The summed E-state index contributed by atoms with van der Waals surface area (Å²) in [4.78, 5) is 3.86. The largest absolute Gasteiger partial charge is 0.393 e. The Morgan fingerprint density at radius 2 is 1.82 bits per heavy atom. The summed E-state index contributed by atoms with van der Waals surface area (Å²) < 4.78 is 27.0. The Labute approximate surface area is 131 Å². The fraction of sp³-hybridized carbons (Fsp3) is 0.312. The summed E-state index contributed by atoms with van der Waals surface area (Å²) >= 11 is 0. The lowest BCUT2D eigenvalue weighted by Crippen LogP contribution is -2.30. The van der Waals surface area contributed by atoms with Gasteiger partial charge in [-0.2, -0.15) is 0 Å². The van der Waals surface area contributed by atoms with E-state index < -0.39 is 16.1 Å². The van der Waals surface area contributed by atoms with Crippen molar-refractivity contribution < 1.29 is 13.5 Å². The first-order chi connectivity index (χ1) is 10.5. The number of benzene rings is 1. The van der Waals surface area contributed by atoms with Gasteiger partial charge in [0.1, 0.15) is 0 Å². The van der Waals surface area contributed by atoms with Crippen molar-refractivity contribution in [1.82, 2.24) is 9.71 Å². The molecule has 2 unspecified atom stereocenters. The van der Waals surface area contributed by atoms with E-state index in [9.17, 15) is 13.5 Å². The standard InChI is InChI=1S/C16H20N2O3S/c1-13(19)11-15(14-7-3-2-4-8-14)12-18-22(20,21)16-9-5-6-10-17-16/h2-10,13,15,18-19H,11-12H2,1H3. The molecule has 0 radical (unpaired) electrons. The topological polar surface area (TPSA) is 79.3 Å². The second kappa shape index (κ2) is 7.49. The van der Waals surface area contributed by atoms with E-state index in [2.05, 4.69) is 9.71 Å². The highest BCUT2D eigenvalue weighted by molar-refractivity contribution is 7.89. The normalized spacial score (nSPS) is 14.5. The van der Waals surface area contributed by atoms with Crippen LogP contribution in [0.5, 0.6) is 0 Å². The molecule has 0 aliphatic heterocycles. The summed E-state index contributed by atoms with van der Waals surface area (Å²) in [6, 6.07) is 14.3. The fourth-order valence-corrected chi connectivity index (χ4v) is 3.29. The van der Waals surface area contributed by atoms with Crippen LogP contribution in [0.2, 0.25) is 0 Å². The summed E-state index contributed by atoms with van der Waals surface area (Å²) in [5.74, 6) is -0.0975. The van der Waals surface area contributed by atoms with Crippen molar-refractivity contribution in [3.05, 3.63) is 60.3 Å². The summed E-state index contributed by atoms with van der Waals surface area (Å²) in [5, 5.41) is 9.64. The molecule has 0 bridgehead atoms. The predicted octanol–water partition coefficient (Wildman–Crippen LogP) is 1.91. The maximum absolute atomic E-state index is 12.2. The molecular weight excluding hydrogens is 300 g/mol. The number of hydrogen-bond donors (Lipinski definition) is 2. The first-order valence-electron chi connectivity index (χ1n) is 7.13. The molecule has 0 spiro atoms. The Kier molecular flexibility index (Phi) is 5.65. The zero-order valence-electron chi connectivity index (χ0n) is 12.4. The lowest BCUT2D eigenvalue weighted by atomic mass is 9.94. The third-order valence-corrected chi connectivity index (χ3v) is 4.67. The van der Waals surface area contributed by atoms with Crippen molar-refractivity contribution in [2.45, 2.75) is 30.4 Å². The molecule has 2 atom stereocenters. The van der Waals surface area contributed by atoms with Crippen LogP contribution < -0.4 is 4.72 Å². The van der Waals surface area contributed by atoms with Crippen LogP contribution in [0, 0.1) is 0 Å². The Hall–Kier alpha value is -1.76. The van der Waals surface area contributed by atoms with E-state index in [1.165, 1.54) is 12.3 Å². The first kappa shape index (κ1) is 16.6. The van der Waals surface area contributed by atoms with Gasteiger partial charge in [0.15, 0.2) is 5.03 Å². The number of nitrogens with one attached hydrogen (secondary N) is 1. The van der Waals surface area contributed by atoms with Gasteiger partial charge in [0.25, 0.3) is 10.0 Å². The molecule has 0 aliphatic carbocycles. The zero-order chi connectivity index (χ0) is 16.0. The molecule has 0 saturated carbocycles. The quantitative estimate of drug-likeness (QED) is 0.817. The molecule has 0 aliphatic rings. The van der Waals surface area contributed by atoms with Crippen LogP contribution in [0.1, 0.15) is 24.8 Å². The third kappa shape index (κ3) is 4.62. The van der Waals surface area contributed by atoms with Crippen LogP contribution in [0.4, 0.5) is 0 Å². The van der Waals surface area contributed by atoms with E-state index in [0.717, 1.165) is 5.56 Å². The average molecular weight is 320 g/mol. The summed E-state index contributed by atoms with van der Waals surface area (Å²) in [7, 11) is -3.64. The molecule has 2 N–H and O–H groups in total. The molecule has 118 valence electrons. The highest BCUT2D eigenvalue weighted by Gasteiger charge is 2.20. The third-order valence-electron chi connectivity index (χ3n) is 3.33. The number of sulfonamides is 1. The molecule has 2 rings (SSSR count). The summed E-state index contributed by atoms with van der Waals surface area (Å²) in [6.07, 6.45) is 1.41. The van der Waals surface area contributed by atoms with Gasteiger partial charge in [-0.1, -0.05) is 36.4 Å². The van der Waals surface area contributed by atoms with Gasteiger partial charge in [-0.3, -0.25) is 0 Å². The van der Waals surface area contributed by atoms with Crippen molar-refractivity contribution in [3.63, 3.8) is 0 Å². The van der Waals surface area contributed by atoms with E-state index in [4.69, 9.17) is 0 Å². The molecule has 5 nitrogen and oxygen atoms in total. The van der Waals surface area contributed by atoms with Crippen LogP contribution in [0.15, 0.2) is 59.8 Å². The number of pyridine rings is 1. The van der Waals surface area contributed by atoms with Crippen molar-refractivity contribution in [1.29, 1.82) is 0 Å². The Balaban J connectivity index is 2.12. The van der Waals surface area contributed by atoms with Gasteiger partial charge in [-0.15, -0.1) is 0 Å². The second-order valence-corrected chi connectivity index (χ2v) is 6.93. The highest BCUT2D eigenvalue weighted by Crippen LogP contribution is 2.21. The van der Waals surface area contributed by atoms with Gasteiger partial charge in [-0.05, 0) is 37.0 Å². The molecular formula is C16H20N2O3S. The Bertz CT molecular complexity index is 673. The SMILES string of the molecule is CC(O)CC(CNS(=O)(=O)c1ccccn1)c1ccccc1. The lowest BCUT2D eigenvalue weighted by Gasteiger charge is -2.19. The Morgan fingerprint density at radius 1 is 1.14 bits per heavy atom. The van der Waals surface area contributed by atoms with E-state index in [1.54, 1.807) is 19.1 Å². The minimum Gasteiger partial charge on any atom is -0.393 e. The molecule has 22 heavy (non-hydrogen) atoms. The van der Waals surface area contributed by atoms with Gasteiger partial charge in [0.2, 0.25) is 0 Å². The maximum Gasteiger partial charge on any atom is 0.258 e. The molecule has 6 heteroatoms. The minimum atomic E-state index is -3.64. The molecule has 0 fully saturated rings. The van der Waals surface area contributed by atoms with Crippen LogP contribution in [0.25, 0.3) is 0 Å². The van der Waals surface area contributed by atoms with Crippen LogP contribution in [0.3, 0.4) is 0 Å². The monoisotopic (exact) mass is 320 g/mol. The number of rotatable bonds is 7. The minimum absolute atomic E-state index is 0.00106. The highest BCUT2D eigenvalue weighted by atomic mass is 32.2.